The lowest BCUT2D eigenvalue weighted by molar-refractivity contribution is 0.102. The Balaban J connectivity index is 1.43. The van der Waals surface area contributed by atoms with Crippen LogP contribution in [0.5, 0.6) is 0 Å². The zero-order chi connectivity index (χ0) is 24.9. The van der Waals surface area contributed by atoms with Gasteiger partial charge in [0, 0.05) is 23.4 Å². The third-order valence-electron chi connectivity index (χ3n) is 6.81. The highest BCUT2D eigenvalue weighted by Gasteiger charge is 2.23. The van der Waals surface area contributed by atoms with Gasteiger partial charge in [0.15, 0.2) is 0 Å². The summed E-state index contributed by atoms with van der Waals surface area (Å²) >= 11 is 0. The average molecular weight is 479 g/mol. The molecular weight excluding hydrogens is 448 g/mol. The monoisotopic (exact) mass is 478 g/mol. The van der Waals surface area contributed by atoms with Gasteiger partial charge in [-0.15, -0.1) is 0 Å². The lowest BCUT2D eigenvalue weighted by Gasteiger charge is -2.30. The van der Waals surface area contributed by atoms with E-state index in [2.05, 4.69) is 27.3 Å². The van der Waals surface area contributed by atoms with Crippen molar-refractivity contribution in [3.05, 3.63) is 106 Å². The van der Waals surface area contributed by atoms with Crippen LogP contribution in [-0.4, -0.2) is 34.1 Å². The maximum Gasteiger partial charge on any atom is 0.277 e. The minimum atomic E-state index is -0.526. The fourth-order valence-electron chi connectivity index (χ4n) is 4.72. The number of aromatic nitrogens is 2. The van der Waals surface area contributed by atoms with E-state index < -0.39 is 11.5 Å². The quantitative estimate of drug-likeness (QED) is 0.379. The molecule has 6 nitrogen and oxygen atoms in total. The zero-order valence-electron chi connectivity index (χ0n) is 20.4. The molecular formula is C30H30N4O2. The van der Waals surface area contributed by atoms with E-state index in [1.165, 1.54) is 18.4 Å². The number of hydrogen-bond acceptors (Lipinski definition) is 4. The van der Waals surface area contributed by atoms with Gasteiger partial charge in [0.05, 0.1) is 5.69 Å². The number of nitrogens with one attached hydrogen (secondary N) is 2. The fraction of sp³-hybridized carbons (Fsp3) is 0.233. The van der Waals surface area contributed by atoms with Crippen molar-refractivity contribution in [1.29, 1.82) is 0 Å². The Labute approximate surface area is 211 Å². The standard InChI is InChI=1S/C30H30N4O2/c1-21-16-18-34(19-17-21)20-22-12-14-25(15-13-22)31-29(35)27-26(23-8-4-2-5-9-23)28(32-33-30(27)36)24-10-6-3-7-11-24/h2-15,21H,16-20H2,1H3,(H,31,35)(H,33,36). The Morgan fingerprint density at radius 2 is 1.53 bits per heavy atom. The Morgan fingerprint density at radius 1 is 0.917 bits per heavy atom. The molecule has 0 bridgehead atoms. The predicted octanol–water partition coefficient (Wildman–Crippen LogP) is 5.59. The molecule has 2 heterocycles. The SMILES string of the molecule is CC1CCN(Cc2ccc(NC(=O)c3c(-c4ccccc4)c(-c4ccccc4)n[nH]c3=O)cc2)CC1. The maximum atomic E-state index is 13.5. The van der Waals surface area contributed by atoms with E-state index in [0.717, 1.165) is 36.7 Å². The lowest BCUT2D eigenvalue weighted by atomic mass is 9.95. The first-order chi connectivity index (χ1) is 17.6. The fourth-order valence-corrected chi connectivity index (χ4v) is 4.72. The van der Waals surface area contributed by atoms with Crippen LogP contribution >= 0.6 is 0 Å². The van der Waals surface area contributed by atoms with E-state index >= 15 is 0 Å². The summed E-state index contributed by atoms with van der Waals surface area (Å²) in [6.45, 7) is 5.46. The van der Waals surface area contributed by atoms with Crippen LogP contribution in [0.4, 0.5) is 5.69 Å². The number of piperidine rings is 1. The number of nitrogens with zero attached hydrogens (tertiary/aromatic N) is 2. The second-order valence-corrected chi connectivity index (χ2v) is 9.49. The summed E-state index contributed by atoms with van der Waals surface area (Å²) in [5.41, 5.74) is 4.01. The number of aromatic amines is 1. The van der Waals surface area contributed by atoms with Crippen molar-refractivity contribution in [2.45, 2.75) is 26.3 Å². The van der Waals surface area contributed by atoms with Gasteiger partial charge in [-0.05, 0) is 55.1 Å². The van der Waals surface area contributed by atoms with E-state index in [-0.39, 0.29) is 5.56 Å². The van der Waals surface area contributed by atoms with Gasteiger partial charge in [-0.25, -0.2) is 5.10 Å². The van der Waals surface area contributed by atoms with Crippen LogP contribution in [0.1, 0.15) is 35.7 Å². The predicted molar refractivity (Wildman–Crippen MR) is 144 cm³/mol. The summed E-state index contributed by atoms with van der Waals surface area (Å²) in [4.78, 5) is 28.9. The lowest BCUT2D eigenvalue weighted by Crippen LogP contribution is -2.32. The van der Waals surface area contributed by atoms with E-state index in [0.29, 0.717) is 16.9 Å². The first-order valence-electron chi connectivity index (χ1n) is 12.4. The number of hydrogen-bond donors (Lipinski definition) is 2. The highest BCUT2D eigenvalue weighted by molar-refractivity contribution is 6.10. The van der Waals surface area contributed by atoms with Crippen molar-refractivity contribution in [2.75, 3.05) is 18.4 Å². The van der Waals surface area contributed by atoms with Crippen LogP contribution in [0.3, 0.4) is 0 Å². The molecule has 0 aliphatic carbocycles. The number of carbonyl (C=O) groups excluding carboxylic acids is 1. The molecule has 1 amide bonds. The molecule has 1 aliphatic heterocycles. The Kier molecular flexibility index (Phi) is 7.05. The number of likely N-dealkylation sites (tertiary alicyclic amines) is 1. The highest BCUT2D eigenvalue weighted by atomic mass is 16.2. The van der Waals surface area contributed by atoms with Gasteiger partial charge in [0.1, 0.15) is 5.56 Å². The molecule has 36 heavy (non-hydrogen) atoms. The third-order valence-corrected chi connectivity index (χ3v) is 6.81. The molecule has 1 fully saturated rings. The summed E-state index contributed by atoms with van der Waals surface area (Å²) in [5.74, 6) is 0.339. The van der Waals surface area contributed by atoms with Crippen molar-refractivity contribution in [3.63, 3.8) is 0 Å². The normalized spacial score (nSPS) is 14.5. The Morgan fingerprint density at radius 3 is 2.17 bits per heavy atom. The van der Waals surface area contributed by atoms with E-state index in [9.17, 15) is 9.59 Å². The van der Waals surface area contributed by atoms with Gasteiger partial charge in [-0.1, -0.05) is 79.7 Å². The minimum Gasteiger partial charge on any atom is -0.322 e. The molecule has 0 spiro atoms. The van der Waals surface area contributed by atoms with Crippen molar-refractivity contribution in [3.8, 4) is 22.4 Å². The Hall–Kier alpha value is -4.03. The number of anilines is 1. The van der Waals surface area contributed by atoms with Crippen molar-refractivity contribution >= 4 is 11.6 Å². The minimum absolute atomic E-state index is 0.0431. The maximum absolute atomic E-state index is 13.5. The summed E-state index contributed by atoms with van der Waals surface area (Å²) in [6.07, 6.45) is 2.48. The van der Waals surface area contributed by atoms with Gasteiger partial charge in [-0.3, -0.25) is 14.5 Å². The number of carbonyl (C=O) groups is 1. The highest BCUT2D eigenvalue weighted by Crippen LogP contribution is 2.32. The van der Waals surface area contributed by atoms with Crippen molar-refractivity contribution in [1.82, 2.24) is 15.1 Å². The molecule has 2 N–H and O–H groups in total. The van der Waals surface area contributed by atoms with Gasteiger partial charge in [-0.2, -0.15) is 5.10 Å². The van der Waals surface area contributed by atoms with Crippen molar-refractivity contribution < 1.29 is 4.79 Å². The van der Waals surface area contributed by atoms with Gasteiger partial charge >= 0.3 is 0 Å². The average Bonchev–Trinajstić information content (AvgIpc) is 2.92. The molecule has 182 valence electrons. The van der Waals surface area contributed by atoms with Crippen LogP contribution in [0, 0.1) is 5.92 Å². The number of benzene rings is 3. The molecule has 4 aromatic rings. The number of rotatable bonds is 6. The van der Waals surface area contributed by atoms with E-state index in [1.807, 2.05) is 84.9 Å². The topological polar surface area (TPSA) is 78.1 Å². The molecule has 1 saturated heterocycles. The first kappa shape index (κ1) is 23.7. The molecule has 1 aliphatic rings. The van der Waals surface area contributed by atoms with Gasteiger partial charge in [0.2, 0.25) is 0 Å². The van der Waals surface area contributed by atoms with Gasteiger partial charge in [0.25, 0.3) is 11.5 Å². The van der Waals surface area contributed by atoms with Crippen molar-refractivity contribution in [2.24, 2.45) is 5.92 Å². The van der Waals surface area contributed by atoms with Crippen LogP contribution in [0.15, 0.2) is 89.7 Å². The number of H-pyrrole nitrogens is 1. The largest absolute Gasteiger partial charge is 0.322 e. The molecule has 3 aromatic carbocycles. The summed E-state index contributed by atoms with van der Waals surface area (Å²) in [6, 6.07) is 26.9. The number of amides is 1. The van der Waals surface area contributed by atoms with Gasteiger partial charge < -0.3 is 5.32 Å². The van der Waals surface area contributed by atoms with Crippen LogP contribution < -0.4 is 10.9 Å². The van der Waals surface area contributed by atoms with Crippen LogP contribution in [0.2, 0.25) is 0 Å². The van der Waals surface area contributed by atoms with Crippen LogP contribution in [-0.2, 0) is 6.54 Å². The molecule has 0 radical (unpaired) electrons. The molecule has 0 unspecified atom stereocenters. The molecule has 5 rings (SSSR count). The Bertz CT molecular complexity index is 1370. The molecule has 0 saturated carbocycles. The van der Waals surface area contributed by atoms with E-state index in [4.69, 9.17) is 0 Å². The first-order valence-corrected chi connectivity index (χ1v) is 12.4. The molecule has 1 aromatic heterocycles. The second-order valence-electron chi connectivity index (χ2n) is 9.49. The van der Waals surface area contributed by atoms with E-state index in [1.54, 1.807) is 0 Å². The van der Waals surface area contributed by atoms with Crippen LogP contribution in [0.25, 0.3) is 22.4 Å². The molecule has 6 heteroatoms. The second kappa shape index (κ2) is 10.7. The summed E-state index contributed by atoms with van der Waals surface area (Å²) < 4.78 is 0. The smallest absolute Gasteiger partial charge is 0.277 e. The summed E-state index contributed by atoms with van der Waals surface area (Å²) in [7, 11) is 0. The summed E-state index contributed by atoms with van der Waals surface area (Å²) in [5, 5.41) is 9.78. The zero-order valence-corrected chi connectivity index (χ0v) is 20.4. The molecule has 0 atom stereocenters. The third kappa shape index (κ3) is 5.29.